The fraction of sp³-hybridized carbons (Fsp3) is 0.0667. The van der Waals surface area contributed by atoms with Crippen molar-refractivity contribution in [2.75, 3.05) is 11.4 Å². The molecular formula is C15H13ClN2O2. The average molecular weight is 289 g/mol. The molecule has 2 rings (SSSR count). The predicted molar refractivity (Wildman–Crippen MR) is 78.8 cm³/mol. The monoisotopic (exact) mass is 288 g/mol. The fourth-order valence-corrected chi connectivity index (χ4v) is 1.92. The van der Waals surface area contributed by atoms with E-state index >= 15 is 0 Å². The number of halogens is 1. The summed E-state index contributed by atoms with van der Waals surface area (Å²) in [5, 5.41) is 0.544. The molecule has 2 N–H and O–H groups in total. The number of hydrogen-bond acceptors (Lipinski definition) is 2. The molecule has 0 aliphatic carbocycles. The van der Waals surface area contributed by atoms with E-state index in [1.165, 1.54) is 4.90 Å². The van der Waals surface area contributed by atoms with Gasteiger partial charge in [-0.15, -0.1) is 0 Å². The number of rotatable bonds is 4. The van der Waals surface area contributed by atoms with E-state index in [1.807, 2.05) is 6.07 Å². The van der Waals surface area contributed by atoms with Gasteiger partial charge in [0.1, 0.15) is 6.54 Å². The second-order valence-electron chi connectivity index (χ2n) is 4.20. The first-order valence-electron chi connectivity index (χ1n) is 5.98. The zero-order valence-electron chi connectivity index (χ0n) is 10.6. The Kier molecular flexibility index (Phi) is 4.38. The van der Waals surface area contributed by atoms with Crippen molar-refractivity contribution in [3.63, 3.8) is 0 Å². The Labute approximate surface area is 121 Å². The van der Waals surface area contributed by atoms with Gasteiger partial charge in [-0.2, -0.15) is 0 Å². The molecular weight excluding hydrogens is 276 g/mol. The van der Waals surface area contributed by atoms with Crippen LogP contribution < -0.4 is 10.6 Å². The Morgan fingerprint density at radius 1 is 1.00 bits per heavy atom. The van der Waals surface area contributed by atoms with Crippen molar-refractivity contribution in [1.82, 2.24) is 0 Å². The number of hydrogen-bond donors (Lipinski definition) is 1. The van der Waals surface area contributed by atoms with Gasteiger partial charge in [0.25, 0.3) is 5.91 Å². The summed E-state index contributed by atoms with van der Waals surface area (Å²) in [6, 6.07) is 15.4. The summed E-state index contributed by atoms with van der Waals surface area (Å²) in [7, 11) is 0. The van der Waals surface area contributed by atoms with Crippen molar-refractivity contribution >= 4 is 29.1 Å². The van der Waals surface area contributed by atoms with Gasteiger partial charge in [0.15, 0.2) is 0 Å². The number of primary amides is 1. The molecule has 0 fully saturated rings. The average Bonchev–Trinajstić information content (AvgIpc) is 2.45. The maximum Gasteiger partial charge on any atom is 0.258 e. The summed E-state index contributed by atoms with van der Waals surface area (Å²) in [6.07, 6.45) is 0. The van der Waals surface area contributed by atoms with E-state index in [1.54, 1.807) is 48.5 Å². The number of benzene rings is 2. The number of amides is 2. The molecule has 0 radical (unpaired) electrons. The van der Waals surface area contributed by atoms with Crippen LogP contribution in [0.15, 0.2) is 54.6 Å². The molecule has 2 aromatic rings. The van der Waals surface area contributed by atoms with Crippen LogP contribution in [0.4, 0.5) is 5.69 Å². The SMILES string of the molecule is NC(=O)CN(C(=O)c1ccc(Cl)cc1)c1ccccc1. The Hall–Kier alpha value is -2.33. The summed E-state index contributed by atoms with van der Waals surface area (Å²) in [4.78, 5) is 25.0. The first kappa shape index (κ1) is 14.1. The van der Waals surface area contributed by atoms with E-state index in [0.29, 0.717) is 16.3 Å². The molecule has 2 amide bonds. The fourth-order valence-electron chi connectivity index (χ4n) is 1.79. The zero-order chi connectivity index (χ0) is 14.5. The maximum atomic E-state index is 12.5. The van der Waals surface area contributed by atoms with Crippen LogP contribution in [0.3, 0.4) is 0 Å². The van der Waals surface area contributed by atoms with Crippen LogP contribution in [0.1, 0.15) is 10.4 Å². The first-order valence-corrected chi connectivity index (χ1v) is 6.36. The van der Waals surface area contributed by atoms with Gasteiger partial charge in [0, 0.05) is 16.3 Å². The van der Waals surface area contributed by atoms with Crippen LogP contribution in [0.25, 0.3) is 0 Å². The smallest absolute Gasteiger partial charge is 0.258 e. The predicted octanol–water partition coefficient (Wildman–Crippen LogP) is 2.47. The number of carbonyl (C=O) groups is 2. The van der Waals surface area contributed by atoms with Crippen molar-refractivity contribution in [1.29, 1.82) is 0 Å². The molecule has 0 aromatic heterocycles. The van der Waals surface area contributed by atoms with Gasteiger partial charge in [-0.1, -0.05) is 29.8 Å². The Morgan fingerprint density at radius 2 is 1.60 bits per heavy atom. The zero-order valence-corrected chi connectivity index (χ0v) is 11.4. The number of anilines is 1. The van der Waals surface area contributed by atoms with Gasteiger partial charge in [0.2, 0.25) is 5.91 Å². The molecule has 0 heterocycles. The molecule has 0 atom stereocenters. The van der Waals surface area contributed by atoms with Gasteiger partial charge in [-0.25, -0.2) is 0 Å². The van der Waals surface area contributed by atoms with Crippen LogP contribution in [0.5, 0.6) is 0 Å². The molecule has 0 spiro atoms. The molecule has 2 aromatic carbocycles. The lowest BCUT2D eigenvalue weighted by Gasteiger charge is -2.21. The quantitative estimate of drug-likeness (QED) is 0.939. The van der Waals surface area contributed by atoms with E-state index < -0.39 is 5.91 Å². The van der Waals surface area contributed by atoms with Crippen molar-refractivity contribution < 1.29 is 9.59 Å². The van der Waals surface area contributed by atoms with Crippen LogP contribution in [-0.2, 0) is 4.79 Å². The van der Waals surface area contributed by atoms with E-state index in [-0.39, 0.29) is 12.5 Å². The molecule has 20 heavy (non-hydrogen) atoms. The van der Waals surface area contributed by atoms with Crippen molar-refractivity contribution in [3.05, 3.63) is 65.2 Å². The summed E-state index contributed by atoms with van der Waals surface area (Å²) in [5.41, 5.74) is 6.28. The highest BCUT2D eigenvalue weighted by molar-refractivity contribution is 6.30. The molecule has 5 heteroatoms. The summed E-state index contributed by atoms with van der Waals surface area (Å²) < 4.78 is 0. The molecule has 0 aliphatic heterocycles. The third kappa shape index (κ3) is 3.36. The maximum absolute atomic E-state index is 12.5. The van der Waals surface area contributed by atoms with Crippen molar-refractivity contribution in [2.24, 2.45) is 5.73 Å². The van der Waals surface area contributed by atoms with Crippen molar-refractivity contribution in [3.8, 4) is 0 Å². The van der Waals surface area contributed by atoms with E-state index in [0.717, 1.165) is 0 Å². The second kappa shape index (κ2) is 6.21. The largest absolute Gasteiger partial charge is 0.368 e. The minimum Gasteiger partial charge on any atom is -0.368 e. The van der Waals surface area contributed by atoms with Crippen LogP contribution in [0.2, 0.25) is 5.02 Å². The third-order valence-electron chi connectivity index (χ3n) is 2.72. The van der Waals surface area contributed by atoms with E-state index in [9.17, 15) is 9.59 Å². The second-order valence-corrected chi connectivity index (χ2v) is 4.64. The number of nitrogens with two attached hydrogens (primary N) is 1. The van der Waals surface area contributed by atoms with Gasteiger partial charge < -0.3 is 5.73 Å². The van der Waals surface area contributed by atoms with Crippen molar-refractivity contribution in [2.45, 2.75) is 0 Å². The number of carbonyl (C=O) groups excluding carboxylic acids is 2. The number of para-hydroxylation sites is 1. The Bertz CT molecular complexity index is 612. The summed E-state index contributed by atoms with van der Waals surface area (Å²) in [5.74, 6) is -0.872. The standard InChI is InChI=1S/C15H13ClN2O2/c16-12-8-6-11(7-9-12)15(20)18(10-14(17)19)13-4-2-1-3-5-13/h1-9H,10H2,(H2,17,19). The topological polar surface area (TPSA) is 63.4 Å². The van der Waals surface area contributed by atoms with Crippen LogP contribution in [-0.4, -0.2) is 18.4 Å². The lowest BCUT2D eigenvalue weighted by molar-refractivity contribution is -0.116. The van der Waals surface area contributed by atoms with Gasteiger partial charge in [0.05, 0.1) is 0 Å². The summed E-state index contributed by atoms with van der Waals surface area (Å²) >= 11 is 5.80. The Morgan fingerprint density at radius 3 is 2.15 bits per heavy atom. The Balaban J connectivity index is 2.34. The molecule has 0 aliphatic rings. The highest BCUT2D eigenvalue weighted by atomic mass is 35.5. The normalized spacial score (nSPS) is 10.1. The molecule has 4 nitrogen and oxygen atoms in total. The molecule has 102 valence electrons. The molecule has 0 unspecified atom stereocenters. The lowest BCUT2D eigenvalue weighted by Crippen LogP contribution is -2.38. The minimum atomic E-state index is -0.573. The van der Waals surface area contributed by atoms with Crippen LogP contribution >= 0.6 is 11.6 Å². The van der Waals surface area contributed by atoms with Gasteiger partial charge in [-0.3, -0.25) is 14.5 Å². The lowest BCUT2D eigenvalue weighted by atomic mass is 10.1. The van der Waals surface area contributed by atoms with Gasteiger partial charge in [-0.05, 0) is 36.4 Å². The van der Waals surface area contributed by atoms with Crippen LogP contribution in [0, 0.1) is 0 Å². The van der Waals surface area contributed by atoms with E-state index in [2.05, 4.69) is 0 Å². The molecule has 0 saturated heterocycles. The van der Waals surface area contributed by atoms with E-state index in [4.69, 9.17) is 17.3 Å². The third-order valence-corrected chi connectivity index (χ3v) is 2.97. The number of nitrogens with zero attached hydrogens (tertiary/aromatic N) is 1. The molecule has 0 saturated carbocycles. The minimum absolute atomic E-state index is 0.175. The van der Waals surface area contributed by atoms with Gasteiger partial charge >= 0.3 is 0 Å². The highest BCUT2D eigenvalue weighted by Crippen LogP contribution is 2.18. The molecule has 0 bridgehead atoms. The highest BCUT2D eigenvalue weighted by Gasteiger charge is 2.19. The first-order chi connectivity index (χ1) is 9.58. The summed E-state index contributed by atoms with van der Waals surface area (Å²) in [6.45, 7) is -0.175.